The van der Waals surface area contributed by atoms with E-state index in [1.54, 1.807) is 0 Å². The monoisotopic (exact) mass is 376 g/mol. The highest BCUT2D eigenvalue weighted by Gasteiger charge is 2.04. The molecule has 0 amide bonds. The Hall–Kier alpha value is -1.12. The van der Waals surface area contributed by atoms with Gasteiger partial charge in [0.25, 0.3) is 0 Å². The molecular weight excluding hydrogens is 348 g/mol. The lowest BCUT2D eigenvalue weighted by molar-refractivity contribution is 0.622. The number of unbranched alkanes of at least 4 members (excludes halogenated alkanes) is 5. The maximum absolute atomic E-state index is 12.2. The predicted molar refractivity (Wildman–Crippen MR) is 112 cm³/mol. The maximum Gasteiger partial charge on any atom is 0.0485 e. The number of alkyl halides is 1. The average Bonchev–Trinajstić information content (AvgIpc) is 2.65. The van der Waals surface area contributed by atoms with Gasteiger partial charge in [0, 0.05) is 28.2 Å². The summed E-state index contributed by atoms with van der Waals surface area (Å²) >= 11 is 5.83. The average molecular weight is 377 g/mol. The van der Waals surface area contributed by atoms with Gasteiger partial charge in [-0.3, -0.25) is 4.21 Å². The van der Waals surface area contributed by atoms with Gasteiger partial charge >= 0.3 is 0 Å². The third kappa shape index (κ3) is 7.33. The van der Waals surface area contributed by atoms with Gasteiger partial charge in [-0.1, -0.05) is 87.6 Å². The minimum Gasteiger partial charge on any atom is -0.259 e. The molecule has 0 aliphatic rings. The zero-order valence-corrected chi connectivity index (χ0v) is 16.7. The summed E-state index contributed by atoms with van der Waals surface area (Å²) in [5, 5.41) is 0. The first-order chi connectivity index (χ1) is 12.2. The number of hydrogen-bond donors (Lipinski definition) is 0. The van der Waals surface area contributed by atoms with Gasteiger partial charge in [-0.25, -0.2) is 0 Å². The summed E-state index contributed by atoms with van der Waals surface area (Å²) in [6.45, 7) is 2.23. The van der Waals surface area contributed by atoms with E-state index in [1.165, 1.54) is 43.2 Å². The molecule has 0 aromatic heterocycles. The zero-order chi connectivity index (χ0) is 17.9. The first kappa shape index (κ1) is 20.2. The molecule has 1 unspecified atom stereocenters. The second-order valence-corrected chi connectivity index (χ2v) is 8.43. The normalized spacial score (nSPS) is 12.2. The molecule has 2 aromatic carbocycles. The Morgan fingerprint density at radius 3 is 1.84 bits per heavy atom. The highest BCUT2D eigenvalue weighted by Crippen LogP contribution is 2.21. The Kier molecular flexibility index (Phi) is 9.28. The van der Waals surface area contributed by atoms with Crippen LogP contribution in [0.1, 0.15) is 56.6 Å². The van der Waals surface area contributed by atoms with Crippen molar-refractivity contribution in [2.75, 3.05) is 5.75 Å². The third-order valence-electron chi connectivity index (χ3n) is 4.45. The third-order valence-corrected chi connectivity index (χ3v) is 6.16. The quantitative estimate of drug-likeness (QED) is 0.315. The zero-order valence-electron chi connectivity index (χ0n) is 15.2. The lowest BCUT2D eigenvalue weighted by Crippen LogP contribution is -2.01. The second kappa shape index (κ2) is 11.5. The van der Waals surface area contributed by atoms with Crippen molar-refractivity contribution in [3.8, 4) is 11.1 Å². The fourth-order valence-electron chi connectivity index (χ4n) is 2.88. The van der Waals surface area contributed by atoms with Gasteiger partial charge in [-0.15, -0.1) is 11.6 Å². The van der Waals surface area contributed by atoms with E-state index in [-0.39, 0.29) is 0 Å². The van der Waals surface area contributed by atoms with Crippen LogP contribution in [0, 0.1) is 0 Å². The van der Waals surface area contributed by atoms with Gasteiger partial charge in [-0.2, -0.15) is 0 Å². The minimum atomic E-state index is -0.748. The van der Waals surface area contributed by atoms with Crippen LogP contribution in [-0.4, -0.2) is 9.96 Å². The van der Waals surface area contributed by atoms with Gasteiger partial charge < -0.3 is 0 Å². The summed E-state index contributed by atoms with van der Waals surface area (Å²) in [4.78, 5) is 0. The Morgan fingerprint density at radius 2 is 1.28 bits per heavy atom. The Balaban J connectivity index is 1.78. The maximum atomic E-state index is 12.2. The highest BCUT2D eigenvalue weighted by molar-refractivity contribution is 7.84. The number of hydrogen-bond acceptors (Lipinski definition) is 1. The van der Waals surface area contributed by atoms with E-state index in [0.29, 0.717) is 11.6 Å². The van der Waals surface area contributed by atoms with Crippen LogP contribution >= 0.6 is 11.6 Å². The molecule has 0 aliphatic carbocycles. The van der Waals surface area contributed by atoms with E-state index in [9.17, 15) is 4.21 Å². The molecule has 0 N–H and O–H groups in total. The van der Waals surface area contributed by atoms with Crippen molar-refractivity contribution in [2.24, 2.45) is 0 Å². The number of halogens is 1. The molecule has 0 aliphatic heterocycles. The van der Waals surface area contributed by atoms with Crippen LogP contribution in [-0.2, 0) is 22.4 Å². The SMILES string of the molecule is CCCCCCCCS(=O)Cc1ccc(-c2ccc(CCl)cc2)cc1. The van der Waals surface area contributed by atoms with Gasteiger partial charge in [-0.05, 0) is 28.7 Å². The van der Waals surface area contributed by atoms with Crippen LogP contribution in [0.3, 0.4) is 0 Å². The summed E-state index contributed by atoms with van der Waals surface area (Å²) in [7, 11) is -0.748. The molecule has 0 spiro atoms. The van der Waals surface area contributed by atoms with Crippen LogP contribution in [0.2, 0.25) is 0 Å². The topological polar surface area (TPSA) is 17.1 Å². The summed E-state index contributed by atoms with van der Waals surface area (Å²) < 4.78 is 12.2. The summed E-state index contributed by atoms with van der Waals surface area (Å²) in [5.41, 5.74) is 4.66. The predicted octanol–water partition coefficient (Wildman–Crippen LogP) is 6.70. The van der Waals surface area contributed by atoms with Crippen LogP contribution in [0.25, 0.3) is 11.1 Å². The number of rotatable bonds is 11. The van der Waals surface area contributed by atoms with Crippen molar-refractivity contribution in [2.45, 2.75) is 57.1 Å². The molecule has 25 heavy (non-hydrogen) atoms. The molecule has 136 valence electrons. The Bertz CT molecular complexity index is 634. The first-order valence-electron chi connectivity index (χ1n) is 9.32. The largest absolute Gasteiger partial charge is 0.259 e. The molecule has 0 bridgehead atoms. The van der Waals surface area contributed by atoms with E-state index in [4.69, 9.17) is 11.6 Å². The lowest BCUT2D eigenvalue weighted by atomic mass is 10.0. The second-order valence-electron chi connectivity index (χ2n) is 6.58. The van der Waals surface area contributed by atoms with Crippen LogP contribution in [0.15, 0.2) is 48.5 Å². The summed E-state index contributed by atoms with van der Waals surface area (Å²) in [6, 6.07) is 16.8. The molecule has 2 aromatic rings. The van der Waals surface area contributed by atoms with Gasteiger partial charge in [0.1, 0.15) is 0 Å². The Labute approximate surface area is 160 Å². The lowest BCUT2D eigenvalue weighted by Gasteiger charge is -2.06. The van der Waals surface area contributed by atoms with E-state index in [2.05, 4.69) is 55.5 Å². The molecule has 3 heteroatoms. The molecule has 0 saturated carbocycles. The van der Waals surface area contributed by atoms with Crippen molar-refractivity contribution >= 4 is 22.4 Å². The fraction of sp³-hybridized carbons (Fsp3) is 0.455. The smallest absolute Gasteiger partial charge is 0.0485 e. The number of benzene rings is 2. The molecule has 0 saturated heterocycles. The first-order valence-corrected chi connectivity index (χ1v) is 11.3. The van der Waals surface area contributed by atoms with Crippen molar-refractivity contribution in [3.05, 3.63) is 59.7 Å². The summed E-state index contributed by atoms with van der Waals surface area (Å²) in [5.74, 6) is 2.04. The minimum absolute atomic E-state index is 0.545. The van der Waals surface area contributed by atoms with Gasteiger partial charge in [0.05, 0.1) is 0 Å². The Morgan fingerprint density at radius 1 is 0.760 bits per heavy atom. The van der Waals surface area contributed by atoms with Crippen molar-refractivity contribution in [3.63, 3.8) is 0 Å². The van der Waals surface area contributed by atoms with Crippen LogP contribution < -0.4 is 0 Å². The molecule has 0 radical (unpaired) electrons. The molecule has 0 heterocycles. The molecule has 2 rings (SSSR count). The highest BCUT2D eigenvalue weighted by atomic mass is 35.5. The van der Waals surface area contributed by atoms with Crippen molar-refractivity contribution in [1.82, 2.24) is 0 Å². The van der Waals surface area contributed by atoms with E-state index in [1.807, 2.05) is 0 Å². The van der Waals surface area contributed by atoms with Crippen LogP contribution in [0.5, 0.6) is 0 Å². The van der Waals surface area contributed by atoms with Crippen LogP contribution in [0.4, 0.5) is 0 Å². The van der Waals surface area contributed by atoms with Gasteiger partial charge in [0.15, 0.2) is 0 Å². The van der Waals surface area contributed by atoms with E-state index in [0.717, 1.165) is 23.3 Å². The van der Waals surface area contributed by atoms with E-state index < -0.39 is 10.8 Å². The molecular formula is C22H29ClOS. The standard InChI is InChI=1S/C22H29ClOS/c1-2-3-4-5-6-7-16-25(24)18-20-10-14-22(15-11-20)21-12-8-19(17-23)9-13-21/h8-15H,2-7,16-18H2,1H3. The molecule has 1 nitrogen and oxygen atoms in total. The summed E-state index contributed by atoms with van der Waals surface area (Å²) in [6.07, 6.45) is 7.49. The van der Waals surface area contributed by atoms with Crippen molar-refractivity contribution in [1.29, 1.82) is 0 Å². The molecule has 0 fully saturated rings. The fourth-order valence-corrected chi connectivity index (χ4v) is 4.29. The van der Waals surface area contributed by atoms with E-state index >= 15 is 0 Å². The molecule has 1 atom stereocenters. The van der Waals surface area contributed by atoms with Crippen molar-refractivity contribution < 1.29 is 4.21 Å². The van der Waals surface area contributed by atoms with Gasteiger partial charge in [0.2, 0.25) is 0 Å².